The van der Waals surface area contributed by atoms with Gasteiger partial charge >= 0.3 is 12.2 Å². The van der Waals surface area contributed by atoms with Gasteiger partial charge in [0, 0.05) is 6.54 Å². The maximum absolute atomic E-state index is 11.4. The summed E-state index contributed by atoms with van der Waals surface area (Å²) in [6.45, 7) is 2.70. The molecule has 0 radical (unpaired) electrons. The maximum Gasteiger partial charge on any atom is 0.407 e. The van der Waals surface area contributed by atoms with Gasteiger partial charge in [-0.15, -0.1) is 0 Å². The molecule has 0 unspecified atom stereocenters. The van der Waals surface area contributed by atoms with E-state index in [9.17, 15) is 9.59 Å². The van der Waals surface area contributed by atoms with E-state index in [1.165, 1.54) is 0 Å². The average molecular weight is 280 g/mol. The minimum absolute atomic E-state index is 0.0698. The fourth-order valence-electron chi connectivity index (χ4n) is 1.60. The first kappa shape index (κ1) is 15.8. The Balaban J connectivity index is 2.54. The highest BCUT2D eigenvalue weighted by Crippen LogP contribution is 2.16. The van der Waals surface area contributed by atoms with Crippen molar-refractivity contribution in [3.63, 3.8) is 0 Å². The van der Waals surface area contributed by atoms with E-state index < -0.39 is 12.2 Å². The highest BCUT2D eigenvalue weighted by Gasteiger charge is 2.16. The molecular weight excluding hydrogens is 260 g/mol. The first-order valence-electron chi connectivity index (χ1n) is 6.51. The minimum Gasteiger partial charge on any atom is -0.449 e. The second-order valence-electron chi connectivity index (χ2n) is 4.26. The Labute approximate surface area is 118 Å². The fourth-order valence-corrected chi connectivity index (χ4v) is 1.60. The van der Waals surface area contributed by atoms with Crippen molar-refractivity contribution < 1.29 is 19.1 Å². The van der Waals surface area contributed by atoms with Crippen LogP contribution in [0.5, 0.6) is 0 Å². The lowest BCUT2D eigenvalue weighted by molar-refractivity contribution is 0.111. The van der Waals surface area contributed by atoms with Gasteiger partial charge in [-0.2, -0.15) is 0 Å². The van der Waals surface area contributed by atoms with E-state index >= 15 is 0 Å². The average Bonchev–Trinajstić information content (AvgIpc) is 2.45. The van der Waals surface area contributed by atoms with Crippen LogP contribution in [0, 0.1) is 0 Å². The van der Waals surface area contributed by atoms with E-state index in [1.54, 1.807) is 0 Å². The number of alkyl carbamates (subject to hydrolysis) is 1. The molecule has 0 saturated carbocycles. The van der Waals surface area contributed by atoms with Crippen molar-refractivity contribution in [1.82, 2.24) is 5.32 Å². The Morgan fingerprint density at radius 3 is 2.45 bits per heavy atom. The second kappa shape index (κ2) is 8.79. The first-order chi connectivity index (χ1) is 9.63. The van der Waals surface area contributed by atoms with Crippen LogP contribution < -0.4 is 11.1 Å². The Bertz CT molecular complexity index is 422. The summed E-state index contributed by atoms with van der Waals surface area (Å²) in [5.74, 6) is -0.240. The predicted octanol–water partition coefficient (Wildman–Crippen LogP) is 2.00. The largest absolute Gasteiger partial charge is 0.449 e. The topological polar surface area (TPSA) is 90.7 Å². The molecule has 0 heterocycles. The van der Waals surface area contributed by atoms with E-state index in [2.05, 4.69) is 5.32 Å². The SMILES string of the molecule is CCCNC(=O)OC[C@H](COC(N)=O)c1ccccc1. The molecule has 6 heteroatoms. The van der Waals surface area contributed by atoms with Gasteiger partial charge in [0.05, 0.1) is 5.92 Å². The number of ether oxygens (including phenoxy) is 2. The normalized spacial score (nSPS) is 11.4. The molecule has 0 bridgehead atoms. The van der Waals surface area contributed by atoms with Gasteiger partial charge in [0.25, 0.3) is 0 Å². The number of nitrogens with two attached hydrogens (primary N) is 1. The zero-order valence-corrected chi connectivity index (χ0v) is 11.5. The summed E-state index contributed by atoms with van der Waals surface area (Å²) in [6, 6.07) is 9.36. The number of nitrogens with one attached hydrogen (secondary N) is 1. The molecule has 0 aliphatic heterocycles. The molecule has 0 fully saturated rings. The van der Waals surface area contributed by atoms with E-state index in [0.29, 0.717) is 6.54 Å². The molecule has 110 valence electrons. The number of rotatable bonds is 7. The molecule has 1 aromatic carbocycles. The van der Waals surface area contributed by atoms with Gasteiger partial charge < -0.3 is 20.5 Å². The molecule has 1 rings (SSSR count). The summed E-state index contributed by atoms with van der Waals surface area (Å²) in [6.07, 6.45) is -0.490. The molecule has 0 aliphatic rings. The Hall–Kier alpha value is -2.24. The van der Waals surface area contributed by atoms with Crippen LogP contribution in [0.2, 0.25) is 0 Å². The summed E-state index contributed by atoms with van der Waals surface area (Å²) in [4.78, 5) is 22.1. The van der Waals surface area contributed by atoms with Crippen LogP contribution in [0.3, 0.4) is 0 Å². The standard InChI is InChI=1S/C14H20N2O4/c1-2-8-16-14(18)20-10-12(9-19-13(15)17)11-6-4-3-5-7-11/h3-7,12H,2,8-10H2,1H3,(H2,15,17)(H,16,18)/t12-/m0/s1. The summed E-state index contributed by atoms with van der Waals surface area (Å²) in [5, 5.41) is 2.61. The zero-order chi connectivity index (χ0) is 14.8. The van der Waals surface area contributed by atoms with Crippen LogP contribution in [-0.2, 0) is 9.47 Å². The molecule has 6 nitrogen and oxygen atoms in total. The third-order valence-electron chi connectivity index (χ3n) is 2.63. The second-order valence-corrected chi connectivity index (χ2v) is 4.26. The number of benzene rings is 1. The number of amides is 2. The quantitative estimate of drug-likeness (QED) is 0.799. The number of hydrogen-bond donors (Lipinski definition) is 2. The summed E-state index contributed by atoms with van der Waals surface area (Å²) in [5.41, 5.74) is 5.87. The lowest BCUT2D eigenvalue weighted by Gasteiger charge is -2.17. The van der Waals surface area contributed by atoms with Crippen molar-refractivity contribution in [2.24, 2.45) is 5.73 Å². The van der Waals surface area contributed by atoms with E-state index in [0.717, 1.165) is 12.0 Å². The molecule has 1 atom stereocenters. The maximum atomic E-state index is 11.4. The van der Waals surface area contributed by atoms with Crippen molar-refractivity contribution in [2.75, 3.05) is 19.8 Å². The monoisotopic (exact) mass is 280 g/mol. The number of hydrogen-bond acceptors (Lipinski definition) is 4. The Morgan fingerprint density at radius 2 is 1.85 bits per heavy atom. The summed E-state index contributed by atoms with van der Waals surface area (Å²) < 4.78 is 9.91. The molecule has 0 spiro atoms. The smallest absolute Gasteiger partial charge is 0.407 e. The van der Waals surface area contributed by atoms with Gasteiger partial charge in [0.1, 0.15) is 13.2 Å². The van der Waals surface area contributed by atoms with Crippen LogP contribution in [0.4, 0.5) is 9.59 Å². The highest BCUT2D eigenvalue weighted by molar-refractivity contribution is 5.67. The van der Waals surface area contributed by atoms with Crippen molar-refractivity contribution in [2.45, 2.75) is 19.3 Å². The lowest BCUT2D eigenvalue weighted by atomic mass is 10.0. The summed E-state index contributed by atoms with van der Waals surface area (Å²) in [7, 11) is 0. The van der Waals surface area contributed by atoms with Gasteiger partial charge in [0.15, 0.2) is 0 Å². The molecule has 3 N–H and O–H groups in total. The molecule has 1 aromatic rings. The molecule has 20 heavy (non-hydrogen) atoms. The van der Waals surface area contributed by atoms with Crippen LogP contribution in [0.25, 0.3) is 0 Å². The zero-order valence-electron chi connectivity index (χ0n) is 11.5. The van der Waals surface area contributed by atoms with Crippen LogP contribution in [0.15, 0.2) is 30.3 Å². The Morgan fingerprint density at radius 1 is 1.20 bits per heavy atom. The molecule has 2 amide bonds. The van der Waals surface area contributed by atoms with Crippen molar-refractivity contribution >= 4 is 12.2 Å². The van der Waals surface area contributed by atoms with Crippen molar-refractivity contribution in [1.29, 1.82) is 0 Å². The van der Waals surface area contributed by atoms with Crippen LogP contribution in [-0.4, -0.2) is 31.9 Å². The predicted molar refractivity (Wildman–Crippen MR) is 74.4 cm³/mol. The molecule has 0 aromatic heterocycles. The van der Waals surface area contributed by atoms with Crippen LogP contribution >= 0.6 is 0 Å². The van der Waals surface area contributed by atoms with Gasteiger partial charge in [-0.3, -0.25) is 0 Å². The van der Waals surface area contributed by atoms with Crippen molar-refractivity contribution in [3.05, 3.63) is 35.9 Å². The summed E-state index contributed by atoms with van der Waals surface area (Å²) >= 11 is 0. The molecule has 0 saturated heterocycles. The minimum atomic E-state index is -0.846. The van der Waals surface area contributed by atoms with Crippen LogP contribution in [0.1, 0.15) is 24.8 Å². The Kier molecular flexibility index (Phi) is 6.95. The molecule has 0 aliphatic carbocycles. The van der Waals surface area contributed by atoms with E-state index in [-0.39, 0.29) is 19.1 Å². The number of primary amides is 1. The fraction of sp³-hybridized carbons (Fsp3) is 0.429. The van der Waals surface area contributed by atoms with E-state index in [4.69, 9.17) is 15.2 Å². The first-order valence-corrected chi connectivity index (χ1v) is 6.51. The van der Waals surface area contributed by atoms with Gasteiger partial charge in [-0.1, -0.05) is 37.3 Å². The molecular formula is C14H20N2O4. The van der Waals surface area contributed by atoms with Crippen molar-refractivity contribution in [3.8, 4) is 0 Å². The van der Waals surface area contributed by atoms with Gasteiger partial charge in [-0.25, -0.2) is 9.59 Å². The lowest BCUT2D eigenvalue weighted by Crippen LogP contribution is -2.28. The number of carbonyl (C=O) groups is 2. The van der Waals surface area contributed by atoms with Gasteiger partial charge in [0.2, 0.25) is 0 Å². The highest BCUT2D eigenvalue weighted by atomic mass is 16.6. The van der Waals surface area contributed by atoms with E-state index in [1.807, 2.05) is 37.3 Å². The number of carbonyl (C=O) groups excluding carboxylic acids is 2. The third kappa shape index (κ3) is 6.08. The third-order valence-corrected chi connectivity index (χ3v) is 2.63. The van der Waals surface area contributed by atoms with Gasteiger partial charge in [-0.05, 0) is 12.0 Å².